The Morgan fingerprint density at radius 2 is 1.74 bits per heavy atom. The Morgan fingerprint density at radius 1 is 0.941 bits per heavy atom. The molecule has 3 aromatic rings. The van der Waals surface area contributed by atoms with Gasteiger partial charge in [0, 0.05) is 82.2 Å². The molecule has 0 aliphatic carbocycles. The van der Waals surface area contributed by atoms with Gasteiger partial charge in [0.05, 0.1) is 23.6 Å². The normalized spacial score (nSPS) is 21.7. The van der Waals surface area contributed by atoms with Crippen LogP contribution in [0.1, 0.15) is 22.3 Å². The highest BCUT2D eigenvalue weighted by molar-refractivity contribution is 5.96. The summed E-state index contributed by atoms with van der Waals surface area (Å²) in [5, 5.41) is 4.13. The van der Waals surface area contributed by atoms with Crippen LogP contribution in [0.4, 0.5) is 11.4 Å². The van der Waals surface area contributed by atoms with E-state index in [1.807, 2.05) is 37.5 Å². The van der Waals surface area contributed by atoms with Crippen molar-refractivity contribution < 1.29 is 9.59 Å². The van der Waals surface area contributed by atoms with Gasteiger partial charge in [-0.05, 0) is 35.7 Å². The maximum atomic E-state index is 12.8. The molecule has 5 heterocycles. The summed E-state index contributed by atoms with van der Waals surface area (Å²) >= 11 is 0. The highest BCUT2D eigenvalue weighted by Gasteiger charge is 2.42. The third-order valence-electron chi connectivity index (χ3n) is 7.57. The molecule has 0 saturated carbocycles. The minimum atomic E-state index is 0.0810. The van der Waals surface area contributed by atoms with Crippen molar-refractivity contribution in [1.82, 2.24) is 19.7 Å². The summed E-state index contributed by atoms with van der Waals surface area (Å²) in [7, 11) is 3.68. The molecule has 2 amide bonds. The number of benzene rings is 1. The van der Waals surface area contributed by atoms with Gasteiger partial charge in [-0.2, -0.15) is 5.10 Å². The molecule has 1 aromatic carbocycles. The Kier molecular flexibility index (Phi) is 4.90. The van der Waals surface area contributed by atoms with Crippen LogP contribution in [0.25, 0.3) is 11.1 Å². The van der Waals surface area contributed by atoms with Gasteiger partial charge in [0.15, 0.2) is 0 Å². The third kappa shape index (κ3) is 3.54. The third-order valence-corrected chi connectivity index (χ3v) is 7.57. The predicted octanol–water partition coefficient (Wildman–Crippen LogP) is 2.60. The standard InChI is InChI=1S/C26H28N6O2/c1-29-12-20(10-28-29)26(34)32-15-21-13-31(14-22(21)16-32)23-8-19(9-27-11-23)17-3-5-24-18(7-17)4-6-25(33)30(24)2/h3,5,7-12,21-22H,4,6,13-16H2,1-2H3/t21-,22-/m1/s1. The van der Waals surface area contributed by atoms with Gasteiger partial charge in [0.25, 0.3) is 5.91 Å². The molecule has 8 heteroatoms. The molecule has 0 N–H and O–H groups in total. The van der Waals surface area contributed by atoms with Crippen LogP contribution in [0.3, 0.4) is 0 Å². The zero-order valence-electron chi connectivity index (χ0n) is 19.5. The number of hydrogen-bond donors (Lipinski definition) is 0. The fourth-order valence-corrected chi connectivity index (χ4v) is 5.68. The number of likely N-dealkylation sites (tertiary alicyclic amines) is 1. The lowest BCUT2D eigenvalue weighted by Crippen LogP contribution is -2.33. The maximum absolute atomic E-state index is 12.8. The van der Waals surface area contributed by atoms with Gasteiger partial charge in [-0.3, -0.25) is 19.3 Å². The van der Waals surface area contributed by atoms with Gasteiger partial charge >= 0.3 is 0 Å². The Balaban J connectivity index is 1.16. The Morgan fingerprint density at radius 3 is 2.47 bits per heavy atom. The number of nitrogens with zero attached hydrogens (tertiary/aromatic N) is 6. The summed E-state index contributed by atoms with van der Waals surface area (Å²) in [6.07, 6.45) is 8.63. The second-order valence-electron chi connectivity index (χ2n) is 9.77. The summed E-state index contributed by atoms with van der Waals surface area (Å²) in [4.78, 5) is 35.5. The molecule has 2 saturated heterocycles. The number of amides is 2. The molecule has 174 valence electrons. The van der Waals surface area contributed by atoms with E-state index in [1.54, 1.807) is 22.0 Å². The van der Waals surface area contributed by atoms with E-state index in [4.69, 9.17) is 0 Å². The van der Waals surface area contributed by atoms with Crippen LogP contribution in [0.5, 0.6) is 0 Å². The molecule has 2 atom stereocenters. The molecular formula is C26H28N6O2. The summed E-state index contributed by atoms with van der Waals surface area (Å²) < 4.78 is 1.67. The first kappa shape index (κ1) is 20.9. The van der Waals surface area contributed by atoms with E-state index in [0.717, 1.165) is 55.1 Å². The number of carbonyl (C=O) groups is 2. The highest BCUT2D eigenvalue weighted by atomic mass is 16.2. The molecule has 8 nitrogen and oxygen atoms in total. The first-order valence-electron chi connectivity index (χ1n) is 11.8. The SMILES string of the molecule is CN1C(=O)CCc2cc(-c3cncc(N4C[C@@H]5CN(C(=O)c6cnn(C)c6)C[C@H]5C4)c3)ccc21. The molecule has 0 spiro atoms. The highest BCUT2D eigenvalue weighted by Crippen LogP contribution is 2.36. The van der Waals surface area contributed by atoms with Crippen LogP contribution in [0.2, 0.25) is 0 Å². The average molecular weight is 457 g/mol. The second-order valence-corrected chi connectivity index (χ2v) is 9.77. The minimum absolute atomic E-state index is 0.0810. The van der Waals surface area contributed by atoms with Crippen LogP contribution < -0.4 is 9.80 Å². The molecular weight excluding hydrogens is 428 g/mol. The van der Waals surface area contributed by atoms with Crippen LogP contribution in [0, 0.1) is 11.8 Å². The summed E-state index contributed by atoms with van der Waals surface area (Å²) in [5.41, 5.74) is 6.22. The van der Waals surface area contributed by atoms with E-state index in [9.17, 15) is 9.59 Å². The Hall–Kier alpha value is -3.68. The molecule has 2 aromatic heterocycles. The zero-order valence-corrected chi connectivity index (χ0v) is 19.5. The molecule has 3 aliphatic rings. The van der Waals surface area contributed by atoms with E-state index in [1.165, 1.54) is 5.56 Å². The van der Waals surface area contributed by atoms with Gasteiger partial charge < -0.3 is 14.7 Å². The van der Waals surface area contributed by atoms with Gasteiger partial charge in [0.2, 0.25) is 5.91 Å². The topological polar surface area (TPSA) is 74.6 Å². The molecule has 34 heavy (non-hydrogen) atoms. The lowest BCUT2D eigenvalue weighted by Gasteiger charge is -2.26. The number of anilines is 2. The van der Waals surface area contributed by atoms with E-state index >= 15 is 0 Å². The van der Waals surface area contributed by atoms with Crippen molar-refractivity contribution >= 4 is 23.2 Å². The first-order chi connectivity index (χ1) is 16.5. The summed E-state index contributed by atoms with van der Waals surface area (Å²) in [5.74, 6) is 1.20. The molecule has 0 unspecified atom stereocenters. The number of pyridine rings is 1. The zero-order chi connectivity index (χ0) is 23.4. The Labute approximate surface area is 198 Å². The van der Waals surface area contributed by atoms with Gasteiger partial charge in [0.1, 0.15) is 0 Å². The van der Waals surface area contributed by atoms with E-state index in [2.05, 4.69) is 33.2 Å². The fraction of sp³-hybridized carbons (Fsp3) is 0.385. The molecule has 3 aliphatic heterocycles. The van der Waals surface area contributed by atoms with Crippen molar-refractivity contribution in [3.8, 4) is 11.1 Å². The summed E-state index contributed by atoms with van der Waals surface area (Å²) in [6, 6.07) is 8.53. The lowest BCUT2D eigenvalue weighted by atomic mass is 9.96. The van der Waals surface area contributed by atoms with Crippen molar-refractivity contribution in [1.29, 1.82) is 0 Å². The van der Waals surface area contributed by atoms with E-state index < -0.39 is 0 Å². The molecule has 0 radical (unpaired) electrons. The van der Waals surface area contributed by atoms with Crippen LogP contribution >= 0.6 is 0 Å². The van der Waals surface area contributed by atoms with Crippen molar-refractivity contribution in [2.45, 2.75) is 12.8 Å². The van der Waals surface area contributed by atoms with Crippen LogP contribution in [0.15, 0.2) is 49.1 Å². The monoisotopic (exact) mass is 456 g/mol. The second kappa shape index (κ2) is 7.97. The number of carbonyl (C=O) groups excluding carboxylic acids is 2. The van der Waals surface area contributed by atoms with E-state index in [0.29, 0.717) is 23.8 Å². The smallest absolute Gasteiger partial charge is 0.257 e. The number of aromatic nitrogens is 3. The van der Waals surface area contributed by atoms with Crippen LogP contribution in [-0.2, 0) is 18.3 Å². The Bertz CT molecular complexity index is 1270. The van der Waals surface area contributed by atoms with Crippen molar-refractivity contribution in [2.24, 2.45) is 18.9 Å². The number of hydrogen-bond acceptors (Lipinski definition) is 5. The lowest BCUT2D eigenvalue weighted by molar-refractivity contribution is -0.118. The van der Waals surface area contributed by atoms with E-state index in [-0.39, 0.29) is 11.8 Å². The average Bonchev–Trinajstić information content (AvgIpc) is 3.56. The maximum Gasteiger partial charge on any atom is 0.257 e. The first-order valence-corrected chi connectivity index (χ1v) is 11.8. The van der Waals surface area contributed by atoms with Crippen molar-refractivity contribution in [3.05, 3.63) is 60.2 Å². The molecule has 2 fully saturated rings. The molecule has 0 bridgehead atoms. The van der Waals surface area contributed by atoms with Gasteiger partial charge in [-0.25, -0.2) is 0 Å². The van der Waals surface area contributed by atoms with Gasteiger partial charge in [-0.1, -0.05) is 6.07 Å². The predicted molar refractivity (Wildman–Crippen MR) is 130 cm³/mol. The number of aryl methyl sites for hydroxylation is 2. The largest absolute Gasteiger partial charge is 0.370 e. The number of rotatable bonds is 3. The van der Waals surface area contributed by atoms with Gasteiger partial charge in [-0.15, -0.1) is 0 Å². The van der Waals surface area contributed by atoms with Crippen molar-refractivity contribution in [2.75, 3.05) is 43.0 Å². The van der Waals surface area contributed by atoms with Crippen LogP contribution in [-0.4, -0.2) is 64.7 Å². The minimum Gasteiger partial charge on any atom is -0.370 e. The summed E-state index contributed by atoms with van der Waals surface area (Å²) in [6.45, 7) is 3.45. The molecule has 6 rings (SSSR count). The van der Waals surface area contributed by atoms with Crippen molar-refractivity contribution in [3.63, 3.8) is 0 Å². The quantitative estimate of drug-likeness (QED) is 0.606. The number of fused-ring (bicyclic) bond motifs is 2. The fourth-order valence-electron chi connectivity index (χ4n) is 5.68.